The van der Waals surface area contributed by atoms with Crippen LogP contribution in [0.15, 0.2) is 47.6 Å². The molecule has 0 atom stereocenters. The maximum atomic E-state index is 12.3. The summed E-state index contributed by atoms with van der Waals surface area (Å²) in [5.74, 6) is 0.769. The van der Waals surface area contributed by atoms with Crippen molar-refractivity contribution in [3.05, 3.63) is 48.2 Å². The Labute approximate surface area is 130 Å². The molecule has 0 saturated heterocycles. The minimum atomic E-state index is -0.158. The molecule has 0 radical (unpaired) electrons. The summed E-state index contributed by atoms with van der Waals surface area (Å²) in [5.41, 5.74) is 1.50. The number of thiazole rings is 1. The Morgan fingerprint density at radius 1 is 1.33 bits per heavy atom. The van der Waals surface area contributed by atoms with Crippen LogP contribution < -0.4 is 5.32 Å². The number of rotatable bonds is 4. The van der Waals surface area contributed by atoms with Crippen LogP contribution in [0.5, 0.6) is 0 Å². The van der Waals surface area contributed by atoms with Crippen LogP contribution in [0.1, 0.15) is 17.3 Å². The smallest absolute Gasteiger partial charge is 0.257 e. The largest absolute Gasteiger partial charge is 0.298 e. The molecule has 1 aromatic carbocycles. The lowest BCUT2D eigenvalue weighted by molar-refractivity contribution is 0.102. The van der Waals surface area contributed by atoms with Crippen LogP contribution in [-0.2, 0) is 0 Å². The molecule has 1 amide bonds. The first-order valence-electron chi connectivity index (χ1n) is 6.52. The van der Waals surface area contributed by atoms with Crippen LogP contribution in [0.2, 0.25) is 0 Å². The van der Waals surface area contributed by atoms with E-state index in [1.54, 1.807) is 30.1 Å². The molecule has 2 aromatic heterocycles. The van der Waals surface area contributed by atoms with Crippen molar-refractivity contribution in [1.29, 1.82) is 0 Å². The number of pyridine rings is 1. The van der Waals surface area contributed by atoms with E-state index < -0.39 is 0 Å². The van der Waals surface area contributed by atoms with Gasteiger partial charge in [-0.3, -0.25) is 10.1 Å². The highest BCUT2D eigenvalue weighted by Crippen LogP contribution is 2.26. The Kier molecular flexibility index (Phi) is 4.17. The summed E-state index contributed by atoms with van der Waals surface area (Å²) < 4.78 is 1.06. The first kappa shape index (κ1) is 14.0. The average Bonchev–Trinajstić information content (AvgIpc) is 2.90. The Morgan fingerprint density at radius 2 is 2.19 bits per heavy atom. The predicted molar refractivity (Wildman–Crippen MR) is 88.2 cm³/mol. The highest BCUT2D eigenvalue weighted by molar-refractivity contribution is 7.99. The first-order chi connectivity index (χ1) is 10.3. The minimum Gasteiger partial charge on any atom is -0.298 e. The van der Waals surface area contributed by atoms with Gasteiger partial charge in [-0.05, 0) is 30.0 Å². The predicted octanol–water partition coefficient (Wildman–Crippen LogP) is 4.06. The van der Waals surface area contributed by atoms with E-state index in [0.29, 0.717) is 10.7 Å². The molecule has 3 aromatic rings. The molecule has 0 aliphatic carbocycles. The molecule has 0 spiro atoms. The average molecular weight is 315 g/mol. The topological polar surface area (TPSA) is 54.9 Å². The number of nitrogens with one attached hydrogen (secondary N) is 1. The maximum Gasteiger partial charge on any atom is 0.257 e. The fourth-order valence-corrected chi connectivity index (χ4v) is 3.37. The molecule has 4 nitrogen and oxygen atoms in total. The van der Waals surface area contributed by atoms with Crippen molar-refractivity contribution in [3.8, 4) is 0 Å². The van der Waals surface area contributed by atoms with Crippen LogP contribution in [-0.4, -0.2) is 21.6 Å². The number of nitrogens with zero attached hydrogens (tertiary/aromatic N) is 2. The van der Waals surface area contributed by atoms with E-state index in [0.717, 1.165) is 21.0 Å². The molecule has 0 aliphatic rings. The van der Waals surface area contributed by atoms with Gasteiger partial charge in [0.1, 0.15) is 0 Å². The second kappa shape index (κ2) is 6.24. The number of aromatic nitrogens is 2. The van der Waals surface area contributed by atoms with Gasteiger partial charge in [0.05, 0.1) is 15.2 Å². The maximum absolute atomic E-state index is 12.3. The fraction of sp³-hybridized carbons (Fsp3) is 0.133. The van der Waals surface area contributed by atoms with Gasteiger partial charge in [0.25, 0.3) is 5.91 Å². The summed E-state index contributed by atoms with van der Waals surface area (Å²) in [6.45, 7) is 2.06. The summed E-state index contributed by atoms with van der Waals surface area (Å²) in [6.07, 6.45) is 1.66. The second-order valence-corrected chi connectivity index (χ2v) is 6.57. The summed E-state index contributed by atoms with van der Waals surface area (Å²) in [5, 5.41) is 4.32. The molecule has 0 bridgehead atoms. The Bertz CT molecular complexity index is 752. The zero-order chi connectivity index (χ0) is 14.7. The molecule has 106 valence electrons. The van der Waals surface area contributed by atoms with Gasteiger partial charge in [0, 0.05) is 11.8 Å². The minimum absolute atomic E-state index is 0.158. The zero-order valence-electron chi connectivity index (χ0n) is 11.4. The Morgan fingerprint density at radius 3 is 3.00 bits per heavy atom. The third-order valence-electron chi connectivity index (χ3n) is 2.80. The van der Waals surface area contributed by atoms with Crippen LogP contribution in [0.3, 0.4) is 0 Å². The third-order valence-corrected chi connectivity index (χ3v) is 4.56. The van der Waals surface area contributed by atoms with Gasteiger partial charge in [-0.25, -0.2) is 9.97 Å². The zero-order valence-corrected chi connectivity index (χ0v) is 13.0. The molecule has 21 heavy (non-hydrogen) atoms. The quantitative estimate of drug-likeness (QED) is 0.738. The number of carbonyl (C=O) groups is 1. The van der Waals surface area contributed by atoms with Crippen molar-refractivity contribution >= 4 is 44.4 Å². The van der Waals surface area contributed by atoms with Crippen LogP contribution in [0.25, 0.3) is 10.2 Å². The van der Waals surface area contributed by atoms with Crippen LogP contribution in [0, 0.1) is 0 Å². The van der Waals surface area contributed by atoms with Crippen LogP contribution in [0.4, 0.5) is 5.13 Å². The van der Waals surface area contributed by atoms with E-state index in [2.05, 4.69) is 22.2 Å². The van der Waals surface area contributed by atoms with Gasteiger partial charge in [-0.2, -0.15) is 0 Å². The van der Waals surface area contributed by atoms with E-state index in [-0.39, 0.29) is 5.91 Å². The number of fused-ring (bicyclic) bond motifs is 1. The summed E-state index contributed by atoms with van der Waals surface area (Å²) >= 11 is 3.08. The van der Waals surface area contributed by atoms with Gasteiger partial charge >= 0.3 is 0 Å². The van der Waals surface area contributed by atoms with Gasteiger partial charge in [0.15, 0.2) is 5.13 Å². The van der Waals surface area contributed by atoms with Crippen molar-refractivity contribution in [3.63, 3.8) is 0 Å². The molecule has 2 heterocycles. The molecule has 0 aliphatic heterocycles. The van der Waals surface area contributed by atoms with Crippen molar-refractivity contribution in [2.24, 2.45) is 0 Å². The summed E-state index contributed by atoms with van der Waals surface area (Å²) in [4.78, 5) is 20.9. The number of amides is 1. The van der Waals surface area contributed by atoms with Crippen molar-refractivity contribution in [2.75, 3.05) is 11.1 Å². The molecule has 6 heteroatoms. The SMILES string of the molecule is CCSc1cc(C(=O)Nc2nc3ccccc3s2)ccn1. The molecule has 3 rings (SSSR count). The number of hydrogen-bond acceptors (Lipinski definition) is 5. The Hall–Kier alpha value is -1.92. The van der Waals surface area contributed by atoms with E-state index in [1.807, 2.05) is 24.3 Å². The van der Waals surface area contributed by atoms with E-state index in [4.69, 9.17) is 0 Å². The van der Waals surface area contributed by atoms with Gasteiger partial charge in [-0.1, -0.05) is 30.4 Å². The monoisotopic (exact) mass is 315 g/mol. The van der Waals surface area contributed by atoms with Gasteiger partial charge in [-0.15, -0.1) is 11.8 Å². The van der Waals surface area contributed by atoms with Crippen molar-refractivity contribution in [2.45, 2.75) is 11.9 Å². The lowest BCUT2D eigenvalue weighted by atomic mass is 10.2. The number of thioether (sulfide) groups is 1. The van der Waals surface area contributed by atoms with Crippen molar-refractivity contribution in [1.82, 2.24) is 9.97 Å². The lowest BCUT2D eigenvalue weighted by Crippen LogP contribution is -2.11. The van der Waals surface area contributed by atoms with Gasteiger partial charge in [0.2, 0.25) is 0 Å². The second-order valence-electron chi connectivity index (χ2n) is 4.26. The van der Waals surface area contributed by atoms with Crippen LogP contribution >= 0.6 is 23.1 Å². The van der Waals surface area contributed by atoms with E-state index >= 15 is 0 Å². The van der Waals surface area contributed by atoms with Crippen molar-refractivity contribution < 1.29 is 4.79 Å². The fourth-order valence-electron chi connectivity index (χ4n) is 1.87. The molecule has 0 saturated carbocycles. The molecular weight excluding hydrogens is 302 g/mol. The lowest BCUT2D eigenvalue weighted by Gasteiger charge is -2.03. The number of benzene rings is 1. The molecular formula is C15H13N3OS2. The summed E-state index contributed by atoms with van der Waals surface area (Å²) in [6, 6.07) is 11.3. The number of carbonyl (C=O) groups excluding carboxylic acids is 1. The molecule has 1 N–H and O–H groups in total. The first-order valence-corrected chi connectivity index (χ1v) is 8.32. The van der Waals surface area contributed by atoms with E-state index in [9.17, 15) is 4.79 Å². The molecule has 0 fully saturated rings. The normalized spacial score (nSPS) is 10.7. The number of hydrogen-bond donors (Lipinski definition) is 1. The Balaban J connectivity index is 1.80. The highest BCUT2D eigenvalue weighted by Gasteiger charge is 2.10. The highest BCUT2D eigenvalue weighted by atomic mass is 32.2. The van der Waals surface area contributed by atoms with E-state index in [1.165, 1.54) is 11.3 Å². The number of anilines is 1. The molecule has 0 unspecified atom stereocenters. The standard InChI is InChI=1S/C15H13N3OS2/c1-2-20-13-9-10(7-8-16-13)14(19)18-15-17-11-5-3-4-6-12(11)21-15/h3-9H,2H2,1H3,(H,17,18,19). The van der Waals surface area contributed by atoms with Gasteiger partial charge < -0.3 is 0 Å². The number of para-hydroxylation sites is 1. The summed E-state index contributed by atoms with van der Waals surface area (Å²) in [7, 11) is 0. The third kappa shape index (κ3) is 3.22.